The summed E-state index contributed by atoms with van der Waals surface area (Å²) in [6, 6.07) is 16.4. The van der Waals surface area contributed by atoms with Gasteiger partial charge in [0.25, 0.3) is 0 Å². The Morgan fingerprint density at radius 1 is 1.00 bits per heavy atom. The summed E-state index contributed by atoms with van der Waals surface area (Å²) in [6.45, 7) is 5.48. The van der Waals surface area contributed by atoms with Crippen LogP contribution < -0.4 is 5.32 Å². The first-order chi connectivity index (χ1) is 9.15. The van der Waals surface area contributed by atoms with Gasteiger partial charge in [0, 0.05) is 13.1 Å². The Morgan fingerprint density at radius 2 is 1.68 bits per heavy atom. The van der Waals surface area contributed by atoms with Crippen LogP contribution in [0.4, 0.5) is 0 Å². The Kier molecular flexibility index (Phi) is 4.72. The number of aliphatic hydroxyl groups excluding tert-OH is 1. The van der Waals surface area contributed by atoms with Gasteiger partial charge < -0.3 is 10.4 Å². The van der Waals surface area contributed by atoms with E-state index in [2.05, 4.69) is 36.5 Å². The van der Waals surface area contributed by atoms with Crippen LogP contribution in [0.2, 0.25) is 0 Å². The third-order valence-electron chi connectivity index (χ3n) is 3.18. The van der Waals surface area contributed by atoms with E-state index in [9.17, 15) is 5.11 Å². The fraction of sp³-hybridized carbons (Fsp3) is 0.294. The maximum atomic E-state index is 10.1. The second-order valence-electron chi connectivity index (χ2n) is 5.05. The monoisotopic (exact) mass is 255 g/mol. The van der Waals surface area contributed by atoms with E-state index in [0.29, 0.717) is 6.54 Å². The Morgan fingerprint density at radius 3 is 2.37 bits per heavy atom. The molecule has 0 fully saturated rings. The number of aliphatic hydroxyl groups is 1. The molecular formula is C17H21NO. The summed E-state index contributed by atoms with van der Waals surface area (Å²) >= 11 is 0. The van der Waals surface area contributed by atoms with Gasteiger partial charge in [0.05, 0.1) is 6.10 Å². The number of nitrogens with one attached hydrogen (secondary N) is 1. The van der Waals surface area contributed by atoms with Crippen molar-refractivity contribution in [3.05, 3.63) is 70.8 Å². The van der Waals surface area contributed by atoms with Crippen molar-refractivity contribution in [1.29, 1.82) is 0 Å². The number of hydrogen-bond donors (Lipinski definition) is 2. The summed E-state index contributed by atoms with van der Waals surface area (Å²) in [5, 5.41) is 13.4. The highest BCUT2D eigenvalue weighted by atomic mass is 16.3. The van der Waals surface area contributed by atoms with Crippen LogP contribution in [0.1, 0.15) is 28.4 Å². The van der Waals surface area contributed by atoms with Crippen molar-refractivity contribution in [2.75, 3.05) is 6.54 Å². The van der Waals surface area contributed by atoms with Crippen molar-refractivity contribution in [3.63, 3.8) is 0 Å². The first kappa shape index (κ1) is 13.8. The topological polar surface area (TPSA) is 32.3 Å². The van der Waals surface area contributed by atoms with Crippen molar-refractivity contribution in [3.8, 4) is 0 Å². The van der Waals surface area contributed by atoms with Gasteiger partial charge in [-0.3, -0.25) is 0 Å². The van der Waals surface area contributed by atoms with Crippen LogP contribution in [-0.2, 0) is 6.54 Å². The molecule has 0 spiro atoms. The zero-order chi connectivity index (χ0) is 13.7. The molecule has 2 heteroatoms. The van der Waals surface area contributed by atoms with Crippen LogP contribution in [-0.4, -0.2) is 11.7 Å². The third kappa shape index (κ3) is 4.19. The Hall–Kier alpha value is -1.64. The molecule has 0 amide bonds. The Labute approximate surface area is 115 Å². The minimum absolute atomic E-state index is 0.454. The first-order valence-electron chi connectivity index (χ1n) is 6.66. The van der Waals surface area contributed by atoms with Gasteiger partial charge in [-0.25, -0.2) is 0 Å². The van der Waals surface area contributed by atoms with Crippen LogP contribution in [0.3, 0.4) is 0 Å². The number of aryl methyl sites for hydroxylation is 2. The summed E-state index contributed by atoms with van der Waals surface area (Å²) in [5.74, 6) is 0. The second kappa shape index (κ2) is 6.50. The molecular weight excluding hydrogens is 234 g/mol. The predicted octanol–water partition coefficient (Wildman–Crippen LogP) is 3.13. The zero-order valence-electron chi connectivity index (χ0n) is 11.6. The molecule has 0 bridgehead atoms. The van der Waals surface area contributed by atoms with Crippen molar-refractivity contribution in [2.24, 2.45) is 0 Å². The average molecular weight is 255 g/mol. The van der Waals surface area contributed by atoms with E-state index in [1.54, 1.807) is 0 Å². The minimum Gasteiger partial charge on any atom is -0.387 e. The summed E-state index contributed by atoms with van der Waals surface area (Å²) < 4.78 is 0. The molecule has 0 aliphatic rings. The van der Waals surface area contributed by atoms with Gasteiger partial charge in [-0.2, -0.15) is 0 Å². The highest BCUT2D eigenvalue weighted by molar-refractivity contribution is 5.24. The normalized spacial score (nSPS) is 12.4. The Balaban J connectivity index is 1.85. The fourth-order valence-corrected chi connectivity index (χ4v) is 2.17. The standard InChI is InChI=1S/C17H21NO/c1-13-5-3-7-15(9-13)11-18-12-17(19)16-8-4-6-14(2)10-16/h3-10,17-19H,11-12H2,1-2H3. The largest absolute Gasteiger partial charge is 0.387 e. The van der Waals surface area contributed by atoms with E-state index in [1.807, 2.05) is 31.2 Å². The molecule has 0 radical (unpaired) electrons. The van der Waals surface area contributed by atoms with Crippen LogP contribution >= 0.6 is 0 Å². The van der Waals surface area contributed by atoms with Gasteiger partial charge in [0.15, 0.2) is 0 Å². The summed E-state index contributed by atoms with van der Waals surface area (Å²) in [4.78, 5) is 0. The van der Waals surface area contributed by atoms with Crippen LogP contribution in [0.5, 0.6) is 0 Å². The molecule has 2 nitrogen and oxygen atoms in total. The van der Waals surface area contributed by atoms with E-state index in [4.69, 9.17) is 0 Å². The first-order valence-corrected chi connectivity index (χ1v) is 6.66. The molecule has 2 aromatic rings. The molecule has 19 heavy (non-hydrogen) atoms. The molecule has 0 heterocycles. The van der Waals surface area contributed by atoms with Crippen LogP contribution in [0.25, 0.3) is 0 Å². The Bertz CT molecular complexity index is 536. The predicted molar refractivity (Wildman–Crippen MR) is 79.0 cm³/mol. The van der Waals surface area contributed by atoms with Gasteiger partial charge in [-0.05, 0) is 25.0 Å². The van der Waals surface area contributed by atoms with Crippen molar-refractivity contribution >= 4 is 0 Å². The van der Waals surface area contributed by atoms with Crippen LogP contribution in [0.15, 0.2) is 48.5 Å². The maximum Gasteiger partial charge on any atom is 0.0914 e. The SMILES string of the molecule is Cc1cccc(CNCC(O)c2cccc(C)c2)c1. The van der Waals surface area contributed by atoms with E-state index >= 15 is 0 Å². The molecule has 2 rings (SSSR count). The number of rotatable bonds is 5. The van der Waals surface area contributed by atoms with Crippen LogP contribution in [0, 0.1) is 13.8 Å². The summed E-state index contributed by atoms with van der Waals surface area (Å²) in [7, 11) is 0. The van der Waals surface area contributed by atoms with Gasteiger partial charge in [-0.15, -0.1) is 0 Å². The summed E-state index contributed by atoms with van der Waals surface area (Å²) in [5.41, 5.74) is 4.65. The maximum absolute atomic E-state index is 10.1. The van der Waals surface area contributed by atoms with Crippen molar-refractivity contribution in [1.82, 2.24) is 5.32 Å². The summed E-state index contributed by atoms with van der Waals surface area (Å²) in [6.07, 6.45) is -0.454. The molecule has 100 valence electrons. The third-order valence-corrected chi connectivity index (χ3v) is 3.18. The fourth-order valence-electron chi connectivity index (χ4n) is 2.17. The lowest BCUT2D eigenvalue weighted by Crippen LogP contribution is -2.21. The lowest BCUT2D eigenvalue weighted by Gasteiger charge is -2.13. The van der Waals surface area contributed by atoms with E-state index in [0.717, 1.165) is 12.1 Å². The molecule has 0 aromatic heterocycles. The highest BCUT2D eigenvalue weighted by Crippen LogP contribution is 2.13. The molecule has 0 saturated heterocycles. The van der Waals surface area contributed by atoms with Gasteiger partial charge in [0.2, 0.25) is 0 Å². The van der Waals surface area contributed by atoms with Gasteiger partial charge in [0.1, 0.15) is 0 Å². The van der Waals surface area contributed by atoms with E-state index in [1.165, 1.54) is 16.7 Å². The highest BCUT2D eigenvalue weighted by Gasteiger charge is 2.06. The molecule has 0 saturated carbocycles. The quantitative estimate of drug-likeness (QED) is 0.860. The molecule has 1 atom stereocenters. The van der Waals surface area contributed by atoms with Crippen molar-refractivity contribution in [2.45, 2.75) is 26.5 Å². The lowest BCUT2D eigenvalue weighted by atomic mass is 10.1. The molecule has 0 aliphatic carbocycles. The molecule has 1 unspecified atom stereocenters. The molecule has 2 N–H and O–H groups in total. The van der Waals surface area contributed by atoms with E-state index in [-0.39, 0.29) is 0 Å². The molecule has 2 aromatic carbocycles. The van der Waals surface area contributed by atoms with E-state index < -0.39 is 6.10 Å². The smallest absolute Gasteiger partial charge is 0.0914 e. The average Bonchev–Trinajstić information content (AvgIpc) is 2.38. The number of benzene rings is 2. The van der Waals surface area contributed by atoms with Gasteiger partial charge in [-0.1, -0.05) is 59.7 Å². The second-order valence-corrected chi connectivity index (χ2v) is 5.05. The number of hydrogen-bond acceptors (Lipinski definition) is 2. The molecule has 0 aliphatic heterocycles. The lowest BCUT2D eigenvalue weighted by molar-refractivity contribution is 0.174. The van der Waals surface area contributed by atoms with Crippen molar-refractivity contribution < 1.29 is 5.11 Å². The van der Waals surface area contributed by atoms with Gasteiger partial charge >= 0.3 is 0 Å². The zero-order valence-corrected chi connectivity index (χ0v) is 11.6. The minimum atomic E-state index is -0.454.